The van der Waals surface area contributed by atoms with Gasteiger partial charge in [0.15, 0.2) is 0 Å². The van der Waals surface area contributed by atoms with Gasteiger partial charge in [-0.2, -0.15) is 0 Å². The molecule has 0 saturated carbocycles. The van der Waals surface area contributed by atoms with Crippen LogP contribution in [0.2, 0.25) is 0 Å². The summed E-state index contributed by atoms with van der Waals surface area (Å²) in [5, 5.41) is 0. The predicted molar refractivity (Wildman–Crippen MR) is 51.3 cm³/mol. The van der Waals surface area contributed by atoms with E-state index >= 15 is 0 Å². The molecule has 0 spiro atoms. The lowest BCUT2D eigenvalue weighted by atomic mass is 9.93. The molecule has 0 unspecified atom stereocenters. The first-order valence-corrected chi connectivity index (χ1v) is 4.45. The van der Waals surface area contributed by atoms with E-state index < -0.39 is 17.2 Å². The van der Waals surface area contributed by atoms with Gasteiger partial charge in [-0.1, -0.05) is 6.07 Å². The summed E-state index contributed by atoms with van der Waals surface area (Å²) in [5.41, 5.74) is 4.78. The van der Waals surface area contributed by atoms with Crippen LogP contribution in [0.3, 0.4) is 0 Å². The summed E-state index contributed by atoms with van der Waals surface area (Å²) in [7, 11) is 0. The average molecular weight is 212 g/mol. The van der Waals surface area contributed by atoms with Crippen molar-refractivity contribution in [1.82, 2.24) is 0 Å². The Bertz CT molecular complexity index is 433. The van der Waals surface area contributed by atoms with Crippen molar-refractivity contribution < 1.29 is 13.5 Å². The molecule has 0 bridgehead atoms. The van der Waals surface area contributed by atoms with Gasteiger partial charge in [-0.3, -0.25) is 0 Å². The van der Waals surface area contributed by atoms with Crippen molar-refractivity contribution in [3.8, 4) is 0 Å². The number of rotatable bonds is 1. The molecular weight excluding hydrogens is 202 g/mol. The zero-order valence-electron chi connectivity index (χ0n) is 8.13. The SMILES string of the molecule is C[C@]1(c2ccc(F)cc2F)COC(N)=N1. The van der Waals surface area contributed by atoms with Crippen LogP contribution in [0.1, 0.15) is 12.5 Å². The second-order valence-corrected chi connectivity index (χ2v) is 3.64. The predicted octanol–water partition coefficient (Wildman–Crippen LogP) is 1.52. The summed E-state index contributed by atoms with van der Waals surface area (Å²) >= 11 is 0. The summed E-state index contributed by atoms with van der Waals surface area (Å²) in [4.78, 5) is 3.99. The third-order valence-electron chi connectivity index (χ3n) is 2.37. The molecule has 1 heterocycles. The van der Waals surface area contributed by atoms with Crippen molar-refractivity contribution in [3.05, 3.63) is 35.4 Å². The Hall–Kier alpha value is -1.65. The van der Waals surface area contributed by atoms with E-state index in [1.807, 2.05) is 0 Å². The smallest absolute Gasteiger partial charge is 0.283 e. The van der Waals surface area contributed by atoms with Crippen LogP contribution in [-0.2, 0) is 10.3 Å². The van der Waals surface area contributed by atoms with E-state index in [1.165, 1.54) is 12.1 Å². The van der Waals surface area contributed by atoms with Gasteiger partial charge in [-0.15, -0.1) is 0 Å². The van der Waals surface area contributed by atoms with Crippen LogP contribution >= 0.6 is 0 Å². The largest absolute Gasteiger partial charge is 0.462 e. The van der Waals surface area contributed by atoms with Crippen LogP contribution in [0.5, 0.6) is 0 Å². The van der Waals surface area contributed by atoms with Crippen molar-refractivity contribution in [1.29, 1.82) is 0 Å². The van der Waals surface area contributed by atoms with E-state index in [9.17, 15) is 8.78 Å². The molecule has 0 aliphatic carbocycles. The van der Waals surface area contributed by atoms with E-state index in [0.717, 1.165) is 6.07 Å². The minimum atomic E-state index is -0.859. The first-order chi connectivity index (χ1) is 7.01. The number of aliphatic imine (C=N–C) groups is 1. The maximum Gasteiger partial charge on any atom is 0.283 e. The lowest BCUT2D eigenvalue weighted by molar-refractivity contribution is 0.262. The molecule has 1 aliphatic heterocycles. The Balaban J connectivity index is 2.46. The molecule has 1 atom stereocenters. The normalized spacial score (nSPS) is 24.9. The van der Waals surface area contributed by atoms with Crippen LogP contribution in [-0.4, -0.2) is 12.6 Å². The molecule has 1 aromatic rings. The second kappa shape index (κ2) is 3.18. The molecule has 80 valence electrons. The highest BCUT2D eigenvalue weighted by Crippen LogP contribution is 2.31. The summed E-state index contributed by atoms with van der Waals surface area (Å²) in [6.45, 7) is 1.85. The highest BCUT2D eigenvalue weighted by molar-refractivity contribution is 5.74. The van der Waals surface area contributed by atoms with Crippen LogP contribution in [0.4, 0.5) is 8.78 Å². The molecule has 0 aromatic heterocycles. The Labute approximate surface area is 85.6 Å². The number of nitrogens with two attached hydrogens (primary N) is 1. The fourth-order valence-electron chi connectivity index (χ4n) is 1.59. The number of amidine groups is 1. The first-order valence-electron chi connectivity index (χ1n) is 4.45. The molecule has 3 nitrogen and oxygen atoms in total. The van der Waals surface area contributed by atoms with E-state index in [-0.39, 0.29) is 18.2 Å². The number of nitrogens with zero attached hydrogens (tertiary/aromatic N) is 1. The summed E-state index contributed by atoms with van der Waals surface area (Å²) in [6, 6.07) is 3.40. The second-order valence-electron chi connectivity index (χ2n) is 3.64. The van der Waals surface area contributed by atoms with Gasteiger partial charge >= 0.3 is 0 Å². The van der Waals surface area contributed by atoms with E-state index in [0.29, 0.717) is 0 Å². The topological polar surface area (TPSA) is 47.6 Å². The number of benzene rings is 1. The Kier molecular flexibility index (Phi) is 2.10. The van der Waals surface area contributed by atoms with E-state index in [1.54, 1.807) is 6.92 Å². The molecule has 15 heavy (non-hydrogen) atoms. The van der Waals surface area contributed by atoms with Gasteiger partial charge in [0.1, 0.15) is 23.8 Å². The summed E-state index contributed by atoms with van der Waals surface area (Å²) < 4.78 is 31.1. The Morgan fingerprint density at radius 2 is 2.20 bits per heavy atom. The average Bonchev–Trinajstić information content (AvgIpc) is 2.46. The first kappa shape index (κ1) is 9.89. The molecule has 0 saturated heterocycles. The van der Waals surface area contributed by atoms with Gasteiger partial charge in [0.2, 0.25) is 0 Å². The number of ether oxygens (including phenoxy) is 1. The van der Waals surface area contributed by atoms with Crippen LogP contribution in [0, 0.1) is 11.6 Å². The van der Waals surface area contributed by atoms with Gasteiger partial charge in [-0.25, -0.2) is 13.8 Å². The fourth-order valence-corrected chi connectivity index (χ4v) is 1.59. The van der Waals surface area contributed by atoms with Crippen molar-refractivity contribution >= 4 is 6.02 Å². The van der Waals surface area contributed by atoms with Crippen molar-refractivity contribution in [2.45, 2.75) is 12.5 Å². The van der Waals surface area contributed by atoms with E-state index in [4.69, 9.17) is 10.5 Å². The molecule has 2 N–H and O–H groups in total. The van der Waals surface area contributed by atoms with Crippen molar-refractivity contribution in [2.75, 3.05) is 6.61 Å². The highest BCUT2D eigenvalue weighted by atomic mass is 19.1. The van der Waals surface area contributed by atoms with Crippen LogP contribution < -0.4 is 5.73 Å². The zero-order valence-corrected chi connectivity index (χ0v) is 8.13. The van der Waals surface area contributed by atoms with Gasteiger partial charge < -0.3 is 10.5 Å². The van der Waals surface area contributed by atoms with Gasteiger partial charge in [-0.05, 0) is 13.0 Å². The van der Waals surface area contributed by atoms with Gasteiger partial charge in [0.25, 0.3) is 6.02 Å². The number of hydrogen-bond donors (Lipinski definition) is 1. The summed E-state index contributed by atoms with van der Waals surface area (Å²) in [5.74, 6) is -1.25. The van der Waals surface area contributed by atoms with E-state index in [2.05, 4.69) is 4.99 Å². The molecule has 1 aromatic carbocycles. The van der Waals surface area contributed by atoms with Gasteiger partial charge in [0, 0.05) is 11.6 Å². The summed E-state index contributed by atoms with van der Waals surface area (Å²) in [6.07, 6.45) is 0. The molecule has 1 aliphatic rings. The Morgan fingerprint density at radius 1 is 1.47 bits per heavy atom. The number of halogens is 2. The zero-order chi connectivity index (χ0) is 11.1. The van der Waals surface area contributed by atoms with Crippen molar-refractivity contribution in [3.63, 3.8) is 0 Å². The minimum absolute atomic E-state index is 0.0289. The van der Waals surface area contributed by atoms with Crippen molar-refractivity contribution in [2.24, 2.45) is 10.7 Å². The molecule has 0 amide bonds. The molecule has 5 heteroatoms. The fraction of sp³-hybridized carbons (Fsp3) is 0.300. The van der Waals surface area contributed by atoms with Crippen LogP contribution in [0.15, 0.2) is 23.2 Å². The standard InChI is InChI=1S/C10H10F2N2O/c1-10(5-15-9(13)14-10)7-3-2-6(11)4-8(7)12/h2-4H,5H2,1H3,(H2,13,14)/t10-/m1/s1. The highest BCUT2D eigenvalue weighted by Gasteiger charge is 2.35. The maximum absolute atomic E-state index is 13.5. The number of hydrogen-bond acceptors (Lipinski definition) is 3. The molecule has 2 rings (SSSR count). The maximum atomic E-state index is 13.5. The lowest BCUT2D eigenvalue weighted by Gasteiger charge is -2.19. The monoisotopic (exact) mass is 212 g/mol. The lowest BCUT2D eigenvalue weighted by Crippen LogP contribution is -2.22. The minimum Gasteiger partial charge on any atom is -0.462 e. The van der Waals surface area contributed by atoms with Crippen LogP contribution in [0.25, 0.3) is 0 Å². The molecule has 0 radical (unpaired) electrons. The Morgan fingerprint density at radius 3 is 2.73 bits per heavy atom. The third-order valence-corrected chi connectivity index (χ3v) is 2.37. The van der Waals surface area contributed by atoms with Gasteiger partial charge in [0.05, 0.1) is 0 Å². The molecule has 0 fully saturated rings. The molecular formula is C10H10F2N2O. The third kappa shape index (κ3) is 1.65. The quantitative estimate of drug-likeness (QED) is 0.767.